The number of hydrogen-bond donors (Lipinski definition) is 1. The van der Waals surface area contributed by atoms with E-state index in [1.54, 1.807) is 62.6 Å². The van der Waals surface area contributed by atoms with Crippen LogP contribution >= 0.6 is 0 Å². The third-order valence-corrected chi connectivity index (χ3v) is 3.30. The lowest BCUT2D eigenvalue weighted by molar-refractivity contribution is 0.0828. The molecule has 0 spiro atoms. The minimum atomic E-state index is -0.273. The van der Waals surface area contributed by atoms with Gasteiger partial charge in [0.15, 0.2) is 0 Å². The summed E-state index contributed by atoms with van der Waals surface area (Å²) in [7, 11) is 3.35. The van der Waals surface area contributed by atoms with Gasteiger partial charge in [0.05, 0.1) is 17.4 Å². The average Bonchev–Trinajstić information content (AvgIpc) is 2.54. The van der Waals surface area contributed by atoms with Crippen molar-refractivity contribution in [3.63, 3.8) is 0 Å². The van der Waals surface area contributed by atoms with E-state index in [1.165, 1.54) is 4.90 Å². The lowest BCUT2D eigenvalue weighted by Crippen LogP contribution is -2.24. The van der Waals surface area contributed by atoms with Crippen molar-refractivity contribution in [3.05, 3.63) is 59.7 Å². The van der Waals surface area contributed by atoms with Crippen LogP contribution in [-0.4, -0.2) is 36.9 Å². The molecule has 0 aliphatic rings. The molecule has 126 valence electrons. The van der Waals surface area contributed by atoms with Crippen LogP contribution in [0.15, 0.2) is 48.5 Å². The third-order valence-electron chi connectivity index (χ3n) is 3.30. The van der Waals surface area contributed by atoms with Gasteiger partial charge in [-0.2, -0.15) is 0 Å². The largest absolute Gasteiger partial charge is 0.491 e. The first kappa shape index (κ1) is 17.5. The molecule has 2 aromatic rings. The standard InChI is InChI=1S/C19H22N2O3/c1-13(2)24-15-11-9-14(10-12-15)18(22)20-17-8-6-5-7-16(17)19(23)21(3)4/h5-13H,1-4H3,(H,20,22). The topological polar surface area (TPSA) is 58.6 Å². The number of ether oxygens (including phenoxy) is 1. The number of nitrogens with one attached hydrogen (secondary N) is 1. The Morgan fingerprint density at radius 2 is 1.62 bits per heavy atom. The van der Waals surface area contributed by atoms with Crippen molar-refractivity contribution in [2.45, 2.75) is 20.0 Å². The summed E-state index contributed by atoms with van der Waals surface area (Å²) in [5.74, 6) is 0.279. The molecular formula is C19H22N2O3. The molecule has 0 saturated heterocycles. The van der Waals surface area contributed by atoms with Gasteiger partial charge in [-0.05, 0) is 50.2 Å². The van der Waals surface area contributed by atoms with Gasteiger partial charge in [-0.1, -0.05) is 12.1 Å². The molecule has 0 aliphatic carbocycles. The smallest absolute Gasteiger partial charge is 0.255 e. The summed E-state index contributed by atoms with van der Waals surface area (Å²) >= 11 is 0. The highest BCUT2D eigenvalue weighted by Crippen LogP contribution is 2.19. The highest BCUT2D eigenvalue weighted by Gasteiger charge is 2.15. The van der Waals surface area contributed by atoms with Crippen LogP contribution in [0, 0.1) is 0 Å². The number of nitrogens with zero attached hydrogens (tertiary/aromatic N) is 1. The number of hydrogen-bond acceptors (Lipinski definition) is 3. The summed E-state index contributed by atoms with van der Waals surface area (Å²) in [6.07, 6.45) is 0.0774. The molecule has 5 nitrogen and oxygen atoms in total. The number of carbonyl (C=O) groups is 2. The number of anilines is 1. The van der Waals surface area contributed by atoms with Gasteiger partial charge in [0.25, 0.3) is 11.8 Å². The highest BCUT2D eigenvalue weighted by atomic mass is 16.5. The van der Waals surface area contributed by atoms with Gasteiger partial charge in [0.2, 0.25) is 0 Å². The van der Waals surface area contributed by atoms with Gasteiger partial charge in [-0.15, -0.1) is 0 Å². The summed E-state index contributed by atoms with van der Waals surface area (Å²) in [4.78, 5) is 26.1. The molecule has 1 N–H and O–H groups in total. The minimum Gasteiger partial charge on any atom is -0.491 e. The van der Waals surface area contributed by atoms with E-state index in [-0.39, 0.29) is 17.9 Å². The molecule has 2 rings (SSSR count). The maximum absolute atomic E-state index is 12.4. The van der Waals surface area contributed by atoms with Crippen LogP contribution in [0.2, 0.25) is 0 Å². The lowest BCUT2D eigenvalue weighted by atomic mass is 10.1. The molecular weight excluding hydrogens is 304 g/mol. The molecule has 5 heteroatoms. The van der Waals surface area contributed by atoms with Crippen LogP contribution in [0.1, 0.15) is 34.6 Å². The Hall–Kier alpha value is -2.82. The fourth-order valence-electron chi connectivity index (χ4n) is 2.17. The Bertz CT molecular complexity index is 722. The molecule has 0 aliphatic heterocycles. The van der Waals surface area contributed by atoms with Crippen molar-refractivity contribution in [2.75, 3.05) is 19.4 Å². The van der Waals surface area contributed by atoms with E-state index in [9.17, 15) is 9.59 Å². The van der Waals surface area contributed by atoms with Crippen molar-refractivity contribution < 1.29 is 14.3 Å². The number of amides is 2. The fourth-order valence-corrected chi connectivity index (χ4v) is 2.17. The third kappa shape index (κ3) is 4.35. The van der Waals surface area contributed by atoms with Gasteiger partial charge in [0, 0.05) is 19.7 Å². The molecule has 0 saturated carbocycles. The predicted octanol–water partition coefficient (Wildman–Crippen LogP) is 3.43. The summed E-state index contributed by atoms with van der Waals surface area (Å²) in [5.41, 5.74) is 1.44. The van der Waals surface area contributed by atoms with Crippen LogP contribution in [0.5, 0.6) is 5.75 Å². The van der Waals surface area contributed by atoms with Crippen molar-refractivity contribution in [2.24, 2.45) is 0 Å². The van der Waals surface area contributed by atoms with Crippen LogP contribution in [0.3, 0.4) is 0 Å². The summed E-state index contributed by atoms with van der Waals surface area (Å²) in [6, 6.07) is 13.9. The average molecular weight is 326 g/mol. The second-order valence-electron chi connectivity index (χ2n) is 5.89. The van der Waals surface area contributed by atoms with Gasteiger partial charge >= 0.3 is 0 Å². The monoisotopic (exact) mass is 326 g/mol. The number of para-hydroxylation sites is 1. The van der Waals surface area contributed by atoms with Gasteiger partial charge in [0.1, 0.15) is 5.75 Å². The van der Waals surface area contributed by atoms with Crippen molar-refractivity contribution in [1.82, 2.24) is 4.90 Å². The van der Waals surface area contributed by atoms with Crippen molar-refractivity contribution in [3.8, 4) is 5.75 Å². The Balaban J connectivity index is 2.17. The van der Waals surface area contributed by atoms with Gasteiger partial charge < -0.3 is 15.0 Å². The Kier molecular flexibility index (Phi) is 5.58. The SMILES string of the molecule is CC(C)Oc1ccc(C(=O)Nc2ccccc2C(=O)N(C)C)cc1. The van der Waals surface area contributed by atoms with Gasteiger partial charge in [-0.3, -0.25) is 9.59 Å². The second kappa shape index (κ2) is 7.64. The van der Waals surface area contributed by atoms with E-state index < -0.39 is 0 Å². The summed E-state index contributed by atoms with van der Waals surface area (Å²) < 4.78 is 5.56. The van der Waals surface area contributed by atoms with E-state index in [4.69, 9.17) is 4.74 Å². The maximum Gasteiger partial charge on any atom is 0.255 e. The van der Waals surface area contributed by atoms with E-state index in [2.05, 4.69) is 5.32 Å². The lowest BCUT2D eigenvalue weighted by Gasteiger charge is -2.15. The quantitative estimate of drug-likeness (QED) is 0.916. The van der Waals surface area contributed by atoms with Crippen LogP contribution < -0.4 is 10.1 Å². The van der Waals surface area contributed by atoms with Crippen LogP contribution in [-0.2, 0) is 0 Å². The molecule has 0 unspecified atom stereocenters. The van der Waals surface area contributed by atoms with Crippen molar-refractivity contribution >= 4 is 17.5 Å². The Morgan fingerprint density at radius 3 is 2.21 bits per heavy atom. The fraction of sp³-hybridized carbons (Fsp3) is 0.263. The summed E-state index contributed by atoms with van der Waals surface area (Å²) in [5, 5.41) is 2.80. The van der Waals surface area contributed by atoms with E-state index in [0.29, 0.717) is 22.6 Å². The summed E-state index contributed by atoms with van der Waals surface area (Å²) in [6.45, 7) is 3.89. The first-order valence-corrected chi connectivity index (χ1v) is 7.77. The molecule has 2 amide bonds. The van der Waals surface area contributed by atoms with Crippen LogP contribution in [0.25, 0.3) is 0 Å². The van der Waals surface area contributed by atoms with Gasteiger partial charge in [-0.25, -0.2) is 0 Å². The molecule has 0 aromatic heterocycles. The number of rotatable bonds is 5. The zero-order valence-electron chi connectivity index (χ0n) is 14.4. The molecule has 0 bridgehead atoms. The zero-order chi connectivity index (χ0) is 17.7. The number of benzene rings is 2. The van der Waals surface area contributed by atoms with E-state index >= 15 is 0 Å². The maximum atomic E-state index is 12.4. The molecule has 0 heterocycles. The molecule has 0 fully saturated rings. The normalized spacial score (nSPS) is 10.4. The highest BCUT2D eigenvalue weighted by molar-refractivity contribution is 6.08. The molecule has 2 aromatic carbocycles. The number of carbonyl (C=O) groups excluding carboxylic acids is 2. The molecule has 0 radical (unpaired) electrons. The van der Waals surface area contributed by atoms with Crippen LogP contribution in [0.4, 0.5) is 5.69 Å². The Morgan fingerprint density at radius 1 is 1.00 bits per heavy atom. The second-order valence-corrected chi connectivity index (χ2v) is 5.89. The first-order valence-electron chi connectivity index (χ1n) is 7.77. The van der Waals surface area contributed by atoms with E-state index in [0.717, 1.165) is 0 Å². The van der Waals surface area contributed by atoms with E-state index in [1.807, 2.05) is 13.8 Å². The molecule has 0 atom stereocenters. The zero-order valence-corrected chi connectivity index (χ0v) is 14.4. The predicted molar refractivity (Wildman–Crippen MR) is 94.6 cm³/mol. The van der Waals surface area contributed by atoms with Crippen molar-refractivity contribution in [1.29, 1.82) is 0 Å². The first-order chi connectivity index (χ1) is 11.4. The molecule has 24 heavy (non-hydrogen) atoms. The minimum absolute atomic E-state index is 0.0774. The Labute approximate surface area is 142 Å².